The fraction of sp³-hybridized carbons (Fsp3) is 0.143. The molecule has 18 heavy (non-hydrogen) atoms. The number of rotatable bonds is 2. The van der Waals surface area contributed by atoms with Gasteiger partial charge in [-0.25, -0.2) is 8.78 Å². The molecule has 4 heteroatoms. The van der Waals surface area contributed by atoms with Gasteiger partial charge < -0.3 is 5.11 Å². The number of hydrogen-bond acceptors (Lipinski definition) is 1. The van der Waals surface area contributed by atoms with Gasteiger partial charge in [0.25, 0.3) is 0 Å². The second-order valence-electron chi connectivity index (χ2n) is 4.10. The number of aryl methyl sites for hydroxylation is 1. The first-order valence-electron chi connectivity index (χ1n) is 5.38. The summed E-state index contributed by atoms with van der Waals surface area (Å²) >= 11 is 3.00. The summed E-state index contributed by atoms with van der Waals surface area (Å²) in [6.45, 7) is 1.90. The first-order valence-corrected chi connectivity index (χ1v) is 6.17. The van der Waals surface area contributed by atoms with E-state index in [9.17, 15) is 13.9 Å². The second kappa shape index (κ2) is 5.16. The molecule has 0 aliphatic heterocycles. The van der Waals surface area contributed by atoms with Crippen molar-refractivity contribution >= 4 is 15.9 Å². The van der Waals surface area contributed by atoms with E-state index in [0.29, 0.717) is 10.0 Å². The first-order chi connectivity index (χ1) is 8.49. The molecule has 2 rings (SSSR count). The summed E-state index contributed by atoms with van der Waals surface area (Å²) in [5, 5.41) is 10.0. The van der Waals surface area contributed by atoms with Crippen LogP contribution < -0.4 is 0 Å². The van der Waals surface area contributed by atoms with E-state index in [2.05, 4.69) is 15.9 Å². The maximum absolute atomic E-state index is 13.7. The summed E-state index contributed by atoms with van der Waals surface area (Å²) in [6.07, 6.45) is -1.31. The number of aliphatic hydroxyl groups excluding tert-OH is 1. The highest BCUT2D eigenvalue weighted by Gasteiger charge is 2.20. The first kappa shape index (κ1) is 13.2. The molecule has 0 bridgehead atoms. The third-order valence-corrected chi connectivity index (χ3v) is 3.17. The molecule has 2 aromatic rings. The Bertz CT molecular complexity index is 544. The summed E-state index contributed by atoms with van der Waals surface area (Å²) in [4.78, 5) is 0. The van der Waals surface area contributed by atoms with Crippen molar-refractivity contribution in [3.8, 4) is 0 Å². The second-order valence-corrected chi connectivity index (χ2v) is 5.01. The number of hydrogen-bond donors (Lipinski definition) is 1. The molecular weight excluding hydrogens is 302 g/mol. The highest BCUT2D eigenvalue weighted by molar-refractivity contribution is 9.10. The lowest BCUT2D eigenvalue weighted by molar-refractivity contribution is 0.209. The zero-order chi connectivity index (χ0) is 13.3. The van der Waals surface area contributed by atoms with E-state index in [4.69, 9.17) is 0 Å². The third-order valence-electron chi connectivity index (χ3n) is 2.71. The minimum Gasteiger partial charge on any atom is -0.383 e. The SMILES string of the molecule is Cc1ccc(C(O)c2c(F)cc(Br)cc2F)cc1. The highest BCUT2D eigenvalue weighted by atomic mass is 79.9. The Hall–Kier alpha value is -1.26. The van der Waals surface area contributed by atoms with Crippen LogP contribution in [-0.2, 0) is 0 Å². The Balaban J connectivity index is 2.46. The molecule has 0 aliphatic carbocycles. The average molecular weight is 313 g/mol. The van der Waals surface area contributed by atoms with Gasteiger partial charge in [0.1, 0.15) is 17.7 Å². The van der Waals surface area contributed by atoms with E-state index >= 15 is 0 Å². The third kappa shape index (κ3) is 2.60. The zero-order valence-corrected chi connectivity index (χ0v) is 11.2. The molecule has 0 aromatic heterocycles. The zero-order valence-electron chi connectivity index (χ0n) is 9.62. The van der Waals surface area contributed by atoms with Gasteiger partial charge in [0.15, 0.2) is 0 Å². The molecule has 0 heterocycles. The van der Waals surface area contributed by atoms with Crippen LogP contribution in [0.4, 0.5) is 8.78 Å². The van der Waals surface area contributed by atoms with Crippen LogP contribution in [0.2, 0.25) is 0 Å². The smallest absolute Gasteiger partial charge is 0.133 e. The Morgan fingerprint density at radius 2 is 1.56 bits per heavy atom. The van der Waals surface area contributed by atoms with Gasteiger partial charge >= 0.3 is 0 Å². The Kier molecular flexibility index (Phi) is 3.78. The van der Waals surface area contributed by atoms with Crippen LogP contribution in [0.25, 0.3) is 0 Å². The van der Waals surface area contributed by atoms with Crippen molar-refractivity contribution in [2.45, 2.75) is 13.0 Å². The highest BCUT2D eigenvalue weighted by Crippen LogP contribution is 2.29. The van der Waals surface area contributed by atoms with Crippen LogP contribution in [0, 0.1) is 18.6 Å². The quantitative estimate of drug-likeness (QED) is 0.884. The molecule has 0 saturated heterocycles. The van der Waals surface area contributed by atoms with E-state index in [1.807, 2.05) is 6.92 Å². The number of aliphatic hydroxyl groups is 1. The van der Waals surface area contributed by atoms with Gasteiger partial charge in [-0.3, -0.25) is 0 Å². The number of benzene rings is 2. The summed E-state index contributed by atoms with van der Waals surface area (Å²) in [6, 6.07) is 9.15. The summed E-state index contributed by atoms with van der Waals surface area (Å²) in [5.74, 6) is -1.54. The predicted molar refractivity (Wildman–Crippen MR) is 69.3 cm³/mol. The lowest BCUT2D eigenvalue weighted by atomic mass is 9.99. The monoisotopic (exact) mass is 312 g/mol. The van der Waals surface area contributed by atoms with E-state index in [1.54, 1.807) is 24.3 Å². The standard InChI is InChI=1S/C14H11BrF2O/c1-8-2-4-9(5-3-8)14(18)13-11(16)6-10(15)7-12(13)17/h2-7,14,18H,1H3. The molecule has 1 nitrogen and oxygen atoms in total. The van der Waals surface area contributed by atoms with Gasteiger partial charge in [-0.2, -0.15) is 0 Å². The molecule has 0 amide bonds. The summed E-state index contributed by atoms with van der Waals surface area (Å²) in [5.41, 5.74) is 1.14. The van der Waals surface area contributed by atoms with Crippen molar-refractivity contribution in [2.75, 3.05) is 0 Å². The van der Waals surface area contributed by atoms with Crippen molar-refractivity contribution in [3.63, 3.8) is 0 Å². The van der Waals surface area contributed by atoms with Crippen molar-refractivity contribution in [2.24, 2.45) is 0 Å². The van der Waals surface area contributed by atoms with Crippen molar-refractivity contribution < 1.29 is 13.9 Å². The molecule has 1 N–H and O–H groups in total. The molecule has 0 fully saturated rings. The maximum Gasteiger partial charge on any atom is 0.133 e. The molecule has 0 radical (unpaired) electrons. The van der Waals surface area contributed by atoms with Crippen LogP contribution in [-0.4, -0.2) is 5.11 Å². The average Bonchev–Trinajstić information content (AvgIpc) is 2.28. The molecule has 0 saturated carbocycles. The van der Waals surface area contributed by atoms with E-state index in [-0.39, 0.29) is 5.56 Å². The maximum atomic E-state index is 13.7. The molecule has 0 aliphatic rings. The number of halogens is 3. The molecule has 0 spiro atoms. The predicted octanol–water partition coefficient (Wildman–Crippen LogP) is 4.12. The summed E-state index contributed by atoms with van der Waals surface area (Å²) < 4.78 is 27.7. The van der Waals surface area contributed by atoms with Crippen LogP contribution in [0.5, 0.6) is 0 Å². The molecular formula is C14H11BrF2O. The van der Waals surface area contributed by atoms with Crippen LogP contribution >= 0.6 is 15.9 Å². The lowest BCUT2D eigenvalue weighted by Crippen LogP contribution is -2.06. The molecule has 1 atom stereocenters. The van der Waals surface area contributed by atoms with E-state index < -0.39 is 17.7 Å². The molecule has 94 valence electrons. The minimum absolute atomic E-state index is 0.303. The minimum atomic E-state index is -1.31. The van der Waals surface area contributed by atoms with Gasteiger partial charge in [0.05, 0.1) is 5.56 Å². The largest absolute Gasteiger partial charge is 0.383 e. The fourth-order valence-electron chi connectivity index (χ4n) is 1.73. The lowest BCUT2D eigenvalue weighted by Gasteiger charge is -2.14. The van der Waals surface area contributed by atoms with Crippen LogP contribution in [0.15, 0.2) is 40.9 Å². The van der Waals surface area contributed by atoms with E-state index in [0.717, 1.165) is 17.7 Å². The normalized spacial score (nSPS) is 12.5. The van der Waals surface area contributed by atoms with Gasteiger partial charge in [-0.15, -0.1) is 0 Å². The van der Waals surface area contributed by atoms with Gasteiger partial charge in [0.2, 0.25) is 0 Å². The molecule has 2 aromatic carbocycles. The molecule has 1 unspecified atom stereocenters. The van der Waals surface area contributed by atoms with Crippen molar-refractivity contribution in [1.82, 2.24) is 0 Å². The summed E-state index contributed by atoms with van der Waals surface area (Å²) in [7, 11) is 0. The van der Waals surface area contributed by atoms with Crippen molar-refractivity contribution in [1.29, 1.82) is 0 Å². The van der Waals surface area contributed by atoms with Crippen LogP contribution in [0.3, 0.4) is 0 Å². The Morgan fingerprint density at radius 3 is 2.06 bits per heavy atom. The van der Waals surface area contributed by atoms with E-state index in [1.165, 1.54) is 0 Å². The van der Waals surface area contributed by atoms with Crippen molar-refractivity contribution in [3.05, 3.63) is 69.2 Å². The Labute approximate surface area is 112 Å². The van der Waals surface area contributed by atoms with Gasteiger partial charge in [-0.05, 0) is 24.6 Å². The topological polar surface area (TPSA) is 20.2 Å². The van der Waals surface area contributed by atoms with Gasteiger partial charge in [0, 0.05) is 4.47 Å². The van der Waals surface area contributed by atoms with Gasteiger partial charge in [-0.1, -0.05) is 45.8 Å². The fourth-order valence-corrected chi connectivity index (χ4v) is 2.13. The van der Waals surface area contributed by atoms with Crippen LogP contribution in [0.1, 0.15) is 22.8 Å². The Morgan fingerprint density at radius 1 is 1.06 bits per heavy atom.